The predicted octanol–water partition coefficient (Wildman–Crippen LogP) is 2.74. The maximum Gasteiger partial charge on any atom is 0.157 e. The van der Waals surface area contributed by atoms with Gasteiger partial charge in [-0.3, -0.25) is 0 Å². The highest BCUT2D eigenvalue weighted by Crippen LogP contribution is 2.41. The lowest BCUT2D eigenvalue weighted by atomic mass is 9.77. The molecule has 1 aliphatic rings. The zero-order valence-corrected chi connectivity index (χ0v) is 10.3. The number of aromatic hydroxyl groups is 2. The number of phenols is 2. The first-order chi connectivity index (χ1) is 7.99. The van der Waals surface area contributed by atoms with Crippen LogP contribution in [0.2, 0.25) is 0 Å². The van der Waals surface area contributed by atoms with Crippen LogP contribution in [0.5, 0.6) is 11.5 Å². The average molecular weight is 236 g/mol. The number of aliphatic hydroxyl groups is 1. The number of phenolic OH excluding ortho intramolecular Hbond substituents is 2. The van der Waals surface area contributed by atoms with E-state index >= 15 is 0 Å². The second-order valence-corrected chi connectivity index (χ2v) is 5.41. The lowest BCUT2D eigenvalue weighted by Gasteiger charge is -2.31. The van der Waals surface area contributed by atoms with Crippen LogP contribution in [0.1, 0.15) is 43.9 Å². The number of hydrogen-bond donors (Lipinski definition) is 3. The molecular weight excluding hydrogens is 216 g/mol. The van der Waals surface area contributed by atoms with Crippen molar-refractivity contribution in [3.05, 3.63) is 23.3 Å². The van der Waals surface area contributed by atoms with E-state index in [1.165, 1.54) is 6.07 Å². The molecule has 0 amide bonds. The molecule has 3 heteroatoms. The highest BCUT2D eigenvalue weighted by atomic mass is 16.3. The van der Waals surface area contributed by atoms with Crippen molar-refractivity contribution in [3.63, 3.8) is 0 Å². The summed E-state index contributed by atoms with van der Waals surface area (Å²) < 4.78 is 0. The zero-order valence-electron chi connectivity index (χ0n) is 10.3. The fourth-order valence-electron chi connectivity index (χ4n) is 2.73. The molecule has 0 bridgehead atoms. The third-order valence-corrected chi connectivity index (χ3v) is 3.56. The van der Waals surface area contributed by atoms with E-state index in [0.717, 1.165) is 30.4 Å². The molecule has 0 spiro atoms. The maximum atomic E-state index is 10.3. The van der Waals surface area contributed by atoms with Gasteiger partial charge >= 0.3 is 0 Å². The van der Waals surface area contributed by atoms with Crippen molar-refractivity contribution in [1.29, 1.82) is 0 Å². The van der Waals surface area contributed by atoms with Gasteiger partial charge in [-0.1, -0.05) is 13.8 Å². The van der Waals surface area contributed by atoms with E-state index in [2.05, 4.69) is 13.8 Å². The molecule has 2 atom stereocenters. The van der Waals surface area contributed by atoms with Gasteiger partial charge in [-0.15, -0.1) is 0 Å². The number of rotatable bonds is 2. The van der Waals surface area contributed by atoms with E-state index in [0.29, 0.717) is 5.92 Å². The first-order valence-corrected chi connectivity index (χ1v) is 6.22. The summed E-state index contributed by atoms with van der Waals surface area (Å²) in [5.74, 6) is 0.569. The first-order valence-electron chi connectivity index (χ1n) is 6.22. The summed E-state index contributed by atoms with van der Waals surface area (Å²) in [6.45, 7) is 4.30. The number of aliphatic hydroxyl groups excluding tert-OH is 1. The van der Waals surface area contributed by atoms with Crippen molar-refractivity contribution in [1.82, 2.24) is 0 Å². The Balaban J connectivity index is 2.28. The second-order valence-electron chi connectivity index (χ2n) is 5.41. The van der Waals surface area contributed by atoms with Gasteiger partial charge in [-0.25, -0.2) is 0 Å². The number of hydrogen-bond acceptors (Lipinski definition) is 3. The fraction of sp³-hybridized carbons (Fsp3) is 0.571. The first kappa shape index (κ1) is 12.2. The van der Waals surface area contributed by atoms with Crippen molar-refractivity contribution >= 4 is 0 Å². The van der Waals surface area contributed by atoms with Crippen LogP contribution in [0.15, 0.2) is 12.1 Å². The fourth-order valence-corrected chi connectivity index (χ4v) is 2.73. The van der Waals surface area contributed by atoms with E-state index in [4.69, 9.17) is 0 Å². The Hall–Kier alpha value is -1.22. The molecule has 2 unspecified atom stereocenters. The quantitative estimate of drug-likeness (QED) is 0.692. The summed E-state index contributed by atoms with van der Waals surface area (Å²) in [4.78, 5) is 0. The van der Waals surface area contributed by atoms with Gasteiger partial charge in [0.15, 0.2) is 11.5 Å². The Morgan fingerprint density at radius 3 is 2.53 bits per heavy atom. The standard InChI is InChI=1S/C14H20O3/c1-8(2)5-10-4-3-9-6-12(15)13(16)7-11(9)14(10)17/h6-8,10,14-17H,3-5H2,1-2H3. The molecule has 0 heterocycles. The SMILES string of the molecule is CC(C)CC1CCc2cc(O)c(O)cc2C1O. The van der Waals surface area contributed by atoms with Gasteiger partial charge in [0.25, 0.3) is 0 Å². The number of benzene rings is 1. The van der Waals surface area contributed by atoms with Gasteiger partial charge in [0, 0.05) is 0 Å². The summed E-state index contributed by atoms with van der Waals surface area (Å²) in [6, 6.07) is 3.07. The van der Waals surface area contributed by atoms with Crippen molar-refractivity contribution in [3.8, 4) is 11.5 Å². The highest BCUT2D eigenvalue weighted by molar-refractivity contribution is 5.47. The molecule has 0 radical (unpaired) electrons. The van der Waals surface area contributed by atoms with Gasteiger partial charge in [0.1, 0.15) is 0 Å². The molecule has 3 nitrogen and oxygen atoms in total. The molecule has 0 saturated heterocycles. The molecule has 0 fully saturated rings. The largest absolute Gasteiger partial charge is 0.504 e. The summed E-state index contributed by atoms with van der Waals surface area (Å²) in [6.07, 6.45) is 2.27. The predicted molar refractivity (Wildman–Crippen MR) is 66.0 cm³/mol. The minimum Gasteiger partial charge on any atom is -0.504 e. The Bertz CT molecular complexity index is 412. The van der Waals surface area contributed by atoms with Crippen LogP contribution in [-0.2, 0) is 6.42 Å². The Morgan fingerprint density at radius 1 is 1.24 bits per heavy atom. The maximum absolute atomic E-state index is 10.3. The minimum absolute atomic E-state index is 0.0988. The Morgan fingerprint density at radius 2 is 1.88 bits per heavy atom. The highest BCUT2D eigenvalue weighted by Gasteiger charge is 2.29. The third-order valence-electron chi connectivity index (χ3n) is 3.56. The van der Waals surface area contributed by atoms with Crippen LogP contribution in [0.3, 0.4) is 0 Å². The smallest absolute Gasteiger partial charge is 0.157 e. The lowest BCUT2D eigenvalue weighted by molar-refractivity contribution is 0.0806. The molecule has 1 aliphatic carbocycles. The summed E-state index contributed by atoms with van der Waals surface area (Å²) in [7, 11) is 0. The topological polar surface area (TPSA) is 60.7 Å². The Labute approximate surface area is 102 Å². The molecule has 1 aromatic carbocycles. The summed E-state index contributed by atoms with van der Waals surface area (Å²) in [5.41, 5.74) is 1.73. The molecule has 0 aromatic heterocycles. The van der Waals surface area contributed by atoms with E-state index in [9.17, 15) is 15.3 Å². The van der Waals surface area contributed by atoms with Crippen LogP contribution < -0.4 is 0 Å². The van der Waals surface area contributed by atoms with Crippen LogP contribution in [-0.4, -0.2) is 15.3 Å². The van der Waals surface area contributed by atoms with E-state index in [1.54, 1.807) is 6.07 Å². The second kappa shape index (κ2) is 4.57. The van der Waals surface area contributed by atoms with Crippen LogP contribution in [0, 0.1) is 11.8 Å². The van der Waals surface area contributed by atoms with Crippen molar-refractivity contribution < 1.29 is 15.3 Å². The molecule has 2 rings (SSSR count). The summed E-state index contributed by atoms with van der Waals surface area (Å²) in [5, 5.41) is 29.2. The van der Waals surface area contributed by atoms with E-state index < -0.39 is 6.10 Å². The zero-order chi connectivity index (χ0) is 12.6. The summed E-state index contributed by atoms with van der Waals surface area (Å²) >= 11 is 0. The van der Waals surface area contributed by atoms with Gasteiger partial charge < -0.3 is 15.3 Å². The normalized spacial score (nSPS) is 23.8. The van der Waals surface area contributed by atoms with Gasteiger partial charge in [0.05, 0.1) is 6.10 Å². The van der Waals surface area contributed by atoms with Gasteiger partial charge in [-0.05, 0) is 54.4 Å². The minimum atomic E-state index is -0.521. The van der Waals surface area contributed by atoms with Crippen molar-refractivity contribution in [2.75, 3.05) is 0 Å². The van der Waals surface area contributed by atoms with Crippen LogP contribution >= 0.6 is 0 Å². The molecular formula is C14H20O3. The van der Waals surface area contributed by atoms with Crippen LogP contribution in [0.4, 0.5) is 0 Å². The van der Waals surface area contributed by atoms with E-state index in [-0.39, 0.29) is 17.4 Å². The van der Waals surface area contributed by atoms with Gasteiger partial charge in [-0.2, -0.15) is 0 Å². The molecule has 0 aliphatic heterocycles. The molecule has 94 valence electrons. The van der Waals surface area contributed by atoms with E-state index in [1.807, 2.05) is 0 Å². The Kier molecular flexibility index (Phi) is 3.29. The number of fused-ring (bicyclic) bond motifs is 1. The third kappa shape index (κ3) is 2.39. The average Bonchev–Trinajstić information content (AvgIpc) is 2.25. The van der Waals surface area contributed by atoms with Crippen molar-refractivity contribution in [2.45, 2.75) is 39.2 Å². The molecule has 1 aromatic rings. The molecule has 0 saturated carbocycles. The van der Waals surface area contributed by atoms with Crippen molar-refractivity contribution in [2.24, 2.45) is 11.8 Å². The van der Waals surface area contributed by atoms with Crippen LogP contribution in [0.25, 0.3) is 0 Å². The molecule has 17 heavy (non-hydrogen) atoms. The monoisotopic (exact) mass is 236 g/mol. The lowest BCUT2D eigenvalue weighted by Crippen LogP contribution is -2.21. The van der Waals surface area contributed by atoms with Gasteiger partial charge in [0.2, 0.25) is 0 Å². The number of aryl methyl sites for hydroxylation is 1. The molecule has 3 N–H and O–H groups in total.